The van der Waals surface area contributed by atoms with Crippen LogP contribution in [0.1, 0.15) is 12.0 Å². The zero-order valence-corrected chi connectivity index (χ0v) is 8.14. The number of rotatable bonds is 3. The van der Waals surface area contributed by atoms with E-state index in [9.17, 15) is 14.9 Å². The zero-order valence-electron chi connectivity index (χ0n) is 8.14. The molecular weight excluding hydrogens is 198 g/mol. The smallest absolute Gasteiger partial charge is 0.288 e. The number of nitro groups is 1. The molecule has 0 saturated heterocycles. The summed E-state index contributed by atoms with van der Waals surface area (Å²) < 4.78 is 1.17. The summed E-state index contributed by atoms with van der Waals surface area (Å²) >= 11 is 0. The molecule has 0 bridgehead atoms. The second-order valence-corrected chi connectivity index (χ2v) is 3.04. The van der Waals surface area contributed by atoms with Crippen molar-refractivity contribution >= 4 is 5.69 Å². The molecule has 0 N–H and O–H groups in total. The highest BCUT2D eigenvalue weighted by Gasteiger charge is 2.12. The van der Waals surface area contributed by atoms with Crippen LogP contribution in [0.5, 0.6) is 0 Å². The number of aryl methyl sites for hydroxylation is 2. The summed E-state index contributed by atoms with van der Waals surface area (Å²) in [7, 11) is 0. The lowest BCUT2D eigenvalue weighted by molar-refractivity contribution is -0.385. The number of hydrogen-bond acceptors (Lipinski definition) is 4. The van der Waals surface area contributed by atoms with Gasteiger partial charge in [0.15, 0.2) is 0 Å². The number of nitrogens with zero attached hydrogens (tertiary/aromatic N) is 3. The fourth-order valence-electron chi connectivity index (χ4n) is 1.19. The fraction of sp³-hybridized carbons (Fsp3) is 0.333. The van der Waals surface area contributed by atoms with Crippen molar-refractivity contribution in [2.24, 2.45) is 0 Å². The zero-order chi connectivity index (χ0) is 11.4. The minimum atomic E-state index is -0.544. The van der Waals surface area contributed by atoms with E-state index >= 15 is 0 Å². The van der Waals surface area contributed by atoms with Crippen LogP contribution in [-0.2, 0) is 6.54 Å². The van der Waals surface area contributed by atoms with E-state index in [0.29, 0.717) is 5.56 Å². The van der Waals surface area contributed by atoms with Crippen LogP contribution in [0.4, 0.5) is 5.69 Å². The summed E-state index contributed by atoms with van der Waals surface area (Å²) in [4.78, 5) is 21.4. The van der Waals surface area contributed by atoms with Gasteiger partial charge in [-0.3, -0.25) is 14.9 Å². The van der Waals surface area contributed by atoms with Gasteiger partial charge in [0.2, 0.25) is 0 Å². The van der Waals surface area contributed by atoms with Crippen molar-refractivity contribution < 1.29 is 4.92 Å². The number of aromatic nitrogens is 1. The Kier molecular flexibility index (Phi) is 3.18. The highest BCUT2D eigenvalue weighted by molar-refractivity contribution is 5.35. The van der Waals surface area contributed by atoms with Crippen molar-refractivity contribution in [2.45, 2.75) is 19.9 Å². The maximum absolute atomic E-state index is 11.4. The Hall–Kier alpha value is -2.16. The highest BCUT2D eigenvalue weighted by Crippen LogP contribution is 2.13. The first-order valence-corrected chi connectivity index (χ1v) is 4.28. The maximum Gasteiger partial charge on any atom is 0.288 e. The van der Waals surface area contributed by atoms with Crippen molar-refractivity contribution in [3.8, 4) is 6.07 Å². The molecule has 78 valence electrons. The highest BCUT2D eigenvalue weighted by atomic mass is 16.6. The van der Waals surface area contributed by atoms with Gasteiger partial charge in [0.25, 0.3) is 11.2 Å². The third-order valence-corrected chi connectivity index (χ3v) is 1.97. The van der Waals surface area contributed by atoms with Gasteiger partial charge < -0.3 is 4.57 Å². The molecule has 6 heteroatoms. The van der Waals surface area contributed by atoms with E-state index in [1.165, 1.54) is 23.8 Å². The summed E-state index contributed by atoms with van der Waals surface area (Å²) in [6, 6.07) is 3.08. The Morgan fingerprint density at radius 1 is 1.67 bits per heavy atom. The van der Waals surface area contributed by atoms with E-state index in [1.807, 2.05) is 6.07 Å². The van der Waals surface area contributed by atoms with E-state index in [-0.39, 0.29) is 24.2 Å². The van der Waals surface area contributed by atoms with Gasteiger partial charge >= 0.3 is 0 Å². The van der Waals surface area contributed by atoms with E-state index < -0.39 is 4.92 Å². The monoisotopic (exact) mass is 207 g/mol. The number of hydrogen-bond donors (Lipinski definition) is 0. The van der Waals surface area contributed by atoms with E-state index in [0.717, 1.165) is 0 Å². The summed E-state index contributed by atoms with van der Waals surface area (Å²) in [6.07, 6.45) is 1.33. The van der Waals surface area contributed by atoms with Gasteiger partial charge in [-0.2, -0.15) is 5.26 Å². The van der Waals surface area contributed by atoms with Gasteiger partial charge in [0.1, 0.15) is 0 Å². The van der Waals surface area contributed by atoms with Crippen LogP contribution in [0, 0.1) is 28.4 Å². The molecule has 0 spiro atoms. The molecule has 1 heterocycles. The van der Waals surface area contributed by atoms with Gasteiger partial charge in [-0.1, -0.05) is 0 Å². The van der Waals surface area contributed by atoms with Crippen LogP contribution >= 0.6 is 0 Å². The summed E-state index contributed by atoms with van der Waals surface area (Å²) in [5.41, 5.74) is -0.0981. The Balaban J connectivity index is 3.19. The summed E-state index contributed by atoms with van der Waals surface area (Å²) in [5, 5.41) is 18.9. The van der Waals surface area contributed by atoms with Crippen LogP contribution < -0.4 is 5.56 Å². The van der Waals surface area contributed by atoms with Crippen LogP contribution in [-0.4, -0.2) is 9.49 Å². The lowest BCUT2D eigenvalue weighted by Crippen LogP contribution is -2.19. The van der Waals surface area contributed by atoms with Gasteiger partial charge in [-0.15, -0.1) is 0 Å². The van der Waals surface area contributed by atoms with Crippen LogP contribution in [0.2, 0.25) is 0 Å². The van der Waals surface area contributed by atoms with Crippen LogP contribution in [0.3, 0.4) is 0 Å². The molecule has 6 nitrogen and oxygen atoms in total. The lowest BCUT2D eigenvalue weighted by Gasteiger charge is -2.03. The van der Waals surface area contributed by atoms with E-state index in [2.05, 4.69) is 0 Å². The van der Waals surface area contributed by atoms with E-state index in [4.69, 9.17) is 5.26 Å². The molecule has 0 aromatic carbocycles. The molecule has 15 heavy (non-hydrogen) atoms. The first kappa shape index (κ1) is 10.9. The second kappa shape index (κ2) is 4.37. The van der Waals surface area contributed by atoms with Gasteiger partial charge in [-0.05, 0) is 6.92 Å². The Morgan fingerprint density at radius 3 is 2.87 bits per heavy atom. The average Bonchev–Trinajstić information content (AvgIpc) is 2.16. The van der Waals surface area contributed by atoms with E-state index in [1.54, 1.807) is 0 Å². The molecule has 0 unspecified atom stereocenters. The molecule has 1 aromatic heterocycles. The number of nitriles is 1. The van der Waals surface area contributed by atoms with Gasteiger partial charge in [-0.25, -0.2) is 0 Å². The molecule has 0 fully saturated rings. The van der Waals surface area contributed by atoms with Crippen molar-refractivity contribution in [1.29, 1.82) is 5.26 Å². The molecule has 1 aromatic rings. The quantitative estimate of drug-likeness (QED) is 0.545. The minimum absolute atomic E-state index is 0.104. The van der Waals surface area contributed by atoms with Crippen LogP contribution in [0.15, 0.2) is 17.1 Å². The molecule has 0 aliphatic carbocycles. The Bertz CT molecular complexity index is 484. The molecule has 0 aliphatic rings. The molecule has 0 amide bonds. The first-order chi connectivity index (χ1) is 7.06. The normalized spacial score (nSPS) is 9.60. The largest absolute Gasteiger partial charge is 0.308 e. The molecule has 0 radical (unpaired) electrons. The summed E-state index contributed by atoms with van der Waals surface area (Å²) in [5.74, 6) is 0. The third-order valence-electron chi connectivity index (χ3n) is 1.97. The SMILES string of the molecule is Cc1cc(=O)n(CCC#N)cc1[N+](=O)[O-]. The van der Waals surface area contributed by atoms with Crippen LogP contribution in [0.25, 0.3) is 0 Å². The first-order valence-electron chi connectivity index (χ1n) is 4.28. The average molecular weight is 207 g/mol. The molecule has 0 atom stereocenters. The third kappa shape index (κ3) is 2.40. The predicted octanol–water partition coefficient (Wildman–Crippen LogP) is 0.979. The fourth-order valence-corrected chi connectivity index (χ4v) is 1.19. The molecule has 0 aliphatic heterocycles. The predicted molar refractivity (Wildman–Crippen MR) is 52.3 cm³/mol. The summed E-state index contributed by atoms with van der Waals surface area (Å²) in [6.45, 7) is 1.69. The van der Waals surface area contributed by atoms with Crippen molar-refractivity contribution in [3.63, 3.8) is 0 Å². The standard InChI is InChI=1S/C9H9N3O3/c1-7-5-9(13)11(4-2-3-10)6-8(7)12(14)15/h5-6H,2,4H2,1H3. The number of pyridine rings is 1. The van der Waals surface area contributed by atoms with Crippen molar-refractivity contribution in [2.75, 3.05) is 0 Å². The van der Waals surface area contributed by atoms with Gasteiger partial charge in [0, 0.05) is 18.2 Å². The Labute approximate surface area is 85.5 Å². The molecular formula is C9H9N3O3. The second-order valence-electron chi connectivity index (χ2n) is 3.04. The maximum atomic E-state index is 11.4. The minimum Gasteiger partial charge on any atom is -0.308 e. The topological polar surface area (TPSA) is 88.9 Å². The molecule has 0 saturated carbocycles. The molecule has 1 rings (SSSR count). The van der Waals surface area contributed by atoms with Crippen molar-refractivity contribution in [3.05, 3.63) is 38.3 Å². The lowest BCUT2D eigenvalue weighted by atomic mass is 10.2. The Morgan fingerprint density at radius 2 is 2.33 bits per heavy atom. The van der Waals surface area contributed by atoms with Gasteiger partial charge in [0.05, 0.1) is 23.6 Å². The van der Waals surface area contributed by atoms with Crippen molar-refractivity contribution in [1.82, 2.24) is 4.57 Å².